The van der Waals surface area contributed by atoms with Gasteiger partial charge in [0.15, 0.2) is 0 Å². The quantitative estimate of drug-likeness (QED) is 0.176. The van der Waals surface area contributed by atoms with Gasteiger partial charge in [-0.2, -0.15) is 0 Å². The van der Waals surface area contributed by atoms with Gasteiger partial charge in [-0.3, -0.25) is 0 Å². The molecule has 0 fully saturated rings. The lowest BCUT2D eigenvalue weighted by Gasteiger charge is -2.14. The van der Waals surface area contributed by atoms with E-state index in [0.29, 0.717) is 44.4 Å². The topological polar surface area (TPSA) is 9.86 Å². The summed E-state index contributed by atoms with van der Waals surface area (Å²) < 4.78 is 103. The Labute approximate surface area is 306 Å². The molecule has 234 valence electrons. The van der Waals surface area contributed by atoms with Crippen LogP contribution in [0.4, 0.5) is 0 Å². The lowest BCUT2D eigenvalue weighted by Crippen LogP contribution is -1.96. The Kier molecular flexibility index (Phi) is 4.46. The summed E-state index contributed by atoms with van der Waals surface area (Å²) in [7, 11) is 0. The molecule has 0 bridgehead atoms. The van der Waals surface area contributed by atoms with E-state index < -0.39 is 12.1 Å². The third kappa shape index (κ3) is 4.50. The fourth-order valence-corrected chi connectivity index (χ4v) is 7.07. The predicted molar refractivity (Wildman–Crippen MR) is 211 cm³/mol. The average Bonchev–Trinajstić information content (AvgIpc) is 3.80. The summed E-state index contributed by atoms with van der Waals surface area (Å²) in [6.07, 6.45) is 0. The van der Waals surface area contributed by atoms with E-state index >= 15 is 0 Å². The minimum atomic E-state index is -0.490. The molecule has 0 saturated carbocycles. The third-order valence-corrected chi connectivity index (χ3v) is 9.32. The van der Waals surface area contributed by atoms with Crippen molar-refractivity contribution in [3.63, 3.8) is 0 Å². The number of aromatic nitrogens is 2. The molecule has 8 aromatic carbocycles. The number of hydrogen-bond acceptors (Lipinski definition) is 0. The number of nitrogens with zero attached hydrogens (tertiary/aromatic N) is 2. The first-order valence-corrected chi connectivity index (χ1v) is 16.3. The number of fused-ring (bicyclic) bond motifs is 7. The van der Waals surface area contributed by atoms with Crippen LogP contribution in [0, 0.1) is 0 Å². The van der Waals surface area contributed by atoms with Crippen molar-refractivity contribution in [1.29, 1.82) is 0 Å². The number of rotatable bonds is 5. The highest BCUT2D eigenvalue weighted by molar-refractivity contribution is 6.28. The van der Waals surface area contributed by atoms with Crippen molar-refractivity contribution in [2.75, 3.05) is 0 Å². The van der Waals surface area contributed by atoms with Gasteiger partial charge in [-0.05, 0) is 87.9 Å². The maximum atomic E-state index is 9.84. The van der Waals surface area contributed by atoms with Gasteiger partial charge in [-0.1, -0.05) is 139 Å². The summed E-state index contributed by atoms with van der Waals surface area (Å²) in [5, 5.41) is 0.980. The Morgan fingerprint density at radius 2 is 0.840 bits per heavy atom. The minimum absolute atomic E-state index is 0.0652. The van der Waals surface area contributed by atoms with Crippen LogP contribution in [0.15, 0.2) is 194 Å². The smallest absolute Gasteiger partial charge is 0.0646 e. The zero-order chi connectivity index (χ0) is 42.6. The highest BCUT2D eigenvalue weighted by atomic mass is 15.0. The predicted octanol–water partition coefficient (Wildman–Crippen LogP) is 12.9. The van der Waals surface area contributed by atoms with Crippen LogP contribution in [0.2, 0.25) is 0 Å². The van der Waals surface area contributed by atoms with E-state index in [1.165, 1.54) is 6.07 Å². The Balaban J connectivity index is 1.41. The Hall–Kier alpha value is -6.64. The van der Waals surface area contributed by atoms with Crippen LogP contribution in [-0.4, -0.2) is 9.13 Å². The molecule has 0 unspecified atom stereocenters. The maximum absolute atomic E-state index is 9.84. The molecule has 10 rings (SSSR count). The van der Waals surface area contributed by atoms with Gasteiger partial charge in [0.2, 0.25) is 0 Å². The van der Waals surface area contributed by atoms with Crippen molar-refractivity contribution < 1.29 is 15.1 Å². The average molecular weight is 648 g/mol. The molecule has 0 atom stereocenters. The van der Waals surface area contributed by atoms with E-state index in [9.17, 15) is 6.85 Å². The van der Waals surface area contributed by atoms with E-state index in [1.807, 2.05) is 84.9 Å². The van der Waals surface area contributed by atoms with Crippen LogP contribution >= 0.6 is 0 Å². The Morgan fingerprint density at radius 3 is 1.50 bits per heavy atom. The van der Waals surface area contributed by atoms with Gasteiger partial charge in [0.1, 0.15) is 0 Å². The number of benzene rings is 8. The van der Waals surface area contributed by atoms with Gasteiger partial charge in [-0.15, -0.1) is 0 Å². The first-order chi connectivity index (χ1) is 29.3. The first-order valence-electron chi connectivity index (χ1n) is 21.8. The molecule has 2 nitrogen and oxygen atoms in total. The van der Waals surface area contributed by atoms with Crippen LogP contribution in [0.5, 0.6) is 0 Å². The van der Waals surface area contributed by atoms with Gasteiger partial charge >= 0.3 is 0 Å². The second kappa shape index (κ2) is 11.5. The van der Waals surface area contributed by atoms with Crippen LogP contribution in [0.1, 0.15) is 15.1 Å². The molecule has 0 aliphatic rings. The largest absolute Gasteiger partial charge is 0.309 e. The van der Waals surface area contributed by atoms with Crippen LogP contribution in [0.25, 0.3) is 88.4 Å². The summed E-state index contributed by atoms with van der Waals surface area (Å²) in [4.78, 5) is 0. The van der Waals surface area contributed by atoms with E-state index in [4.69, 9.17) is 8.22 Å². The number of para-hydroxylation sites is 2. The maximum Gasteiger partial charge on any atom is 0.0646 e. The highest BCUT2D eigenvalue weighted by Gasteiger charge is 2.21. The summed E-state index contributed by atoms with van der Waals surface area (Å²) in [5.41, 5.74) is 6.19. The van der Waals surface area contributed by atoms with Crippen molar-refractivity contribution in [3.8, 4) is 44.8 Å². The normalized spacial score (nSPS) is 14.7. The fourth-order valence-electron chi connectivity index (χ4n) is 7.07. The lowest BCUT2D eigenvalue weighted by atomic mass is 9.98. The van der Waals surface area contributed by atoms with E-state index in [0.717, 1.165) is 11.1 Å². The zero-order valence-corrected chi connectivity index (χ0v) is 26.5. The van der Waals surface area contributed by atoms with Gasteiger partial charge in [-0.25, -0.2) is 0 Å². The molecule has 0 N–H and O–H groups in total. The summed E-state index contributed by atoms with van der Waals surface area (Å²) in [6, 6.07) is 35.8. The summed E-state index contributed by atoms with van der Waals surface area (Å²) >= 11 is 0. The Bertz CT molecular complexity index is 3420. The van der Waals surface area contributed by atoms with Gasteiger partial charge in [0, 0.05) is 32.9 Å². The van der Waals surface area contributed by atoms with Crippen molar-refractivity contribution in [3.05, 3.63) is 194 Å². The van der Waals surface area contributed by atoms with E-state index in [-0.39, 0.29) is 87.2 Å². The van der Waals surface area contributed by atoms with Crippen LogP contribution in [0.3, 0.4) is 0 Å². The fraction of sp³-hybridized carbons (Fsp3) is 0. The standard InChI is InChI=1S/C48H32N2/c1-4-14-33(15-5-1)36-24-26-39(27-25-36)49-43-22-12-10-20-41(43)47-45(49)28-29-46-48(47)42-21-11-13-23-44(42)50(46)40-31-37(34-16-6-2-7-17-34)30-38(32-40)35-18-8-3-9-19-35/h1-32H/i6D,8D,10D,11D,12D,13D,21D,22D,23D,28D,29D. The van der Waals surface area contributed by atoms with Crippen molar-refractivity contribution in [1.82, 2.24) is 9.13 Å². The Morgan fingerprint density at radius 1 is 0.320 bits per heavy atom. The molecule has 2 aromatic heterocycles. The first kappa shape index (κ1) is 19.4. The molecule has 0 spiro atoms. The van der Waals surface area contributed by atoms with Crippen molar-refractivity contribution >= 4 is 43.6 Å². The molecule has 0 aliphatic heterocycles. The highest BCUT2D eigenvalue weighted by Crippen LogP contribution is 2.43. The van der Waals surface area contributed by atoms with Crippen molar-refractivity contribution in [2.24, 2.45) is 0 Å². The zero-order valence-electron chi connectivity index (χ0n) is 37.5. The van der Waals surface area contributed by atoms with Gasteiger partial charge in [0.25, 0.3) is 0 Å². The molecule has 0 amide bonds. The summed E-state index contributed by atoms with van der Waals surface area (Å²) in [5.74, 6) is 0. The van der Waals surface area contributed by atoms with E-state index in [1.54, 1.807) is 45.5 Å². The molecular weight excluding hydrogens is 605 g/mol. The van der Waals surface area contributed by atoms with Gasteiger partial charge < -0.3 is 9.13 Å². The molecule has 0 radical (unpaired) electrons. The minimum Gasteiger partial charge on any atom is -0.309 e. The lowest BCUT2D eigenvalue weighted by molar-refractivity contribution is 1.17. The molecular formula is C48H32N2. The molecule has 2 heteroatoms. The third-order valence-electron chi connectivity index (χ3n) is 9.32. The second-order valence-electron chi connectivity index (χ2n) is 12.2. The monoisotopic (exact) mass is 647 g/mol. The molecule has 2 heterocycles. The SMILES string of the molecule is [2H]c1cccc(-c2cc(-c3cccc([2H])c3)cc(-n3c4c([2H])c([2H])c([2H])c([2H])c4c4c5c6cc([2H])c([2H])c([2H])c6n(-c6ccc(-c7ccccc7)cc6)c5c([2H])c([2H])c43)c2)c1. The molecule has 10 aromatic rings. The molecule has 0 aliphatic carbocycles. The summed E-state index contributed by atoms with van der Waals surface area (Å²) in [6.45, 7) is 0. The van der Waals surface area contributed by atoms with Crippen LogP contribution in [-0.2, 0) is 0 Å². The van der Waals surface area contributed by atoms with Crippen LogP contribution < -0.4 is 0 Å². The molecule has 50 heavy (non-hydrogen) atoms. The van der Waals surface area contributed by atoms with Gasteiger partial charge in [0.05, 0.1) is 37.1 Å². The van der Waals surface area contributed by atoms with E-state index in [2.05, 4.69) is 0 Å². The number of hydrogen-bond donors (Lipinski definition) is 0. The second-order valence-corrected chi connectivity index (χ2v) is 12.2. The molecule has 0 saturated heterocycles. The van der Waals surface area contributed by atoms with Crippen molar-refractivity contribution in [2.45, 2.75) is 0 Å².